The molecule has 1 aliphatic rings. The SMILES string of the molecule is COc1ccc(CNc2ncc(C(=O)N3CCc4ccccc43)cn2)cc1OC. The van der Waals surface area contributed by atoms with Crippen LogP contribution in [0.5, 0.6) is 11.5 Å². The average molecular weight is 390 g/mol. The Morgan fingerprint density at radius 2 is 1.83 bits per heavy atom. The maximum absolute atomic E-state index is 12.8. The number of methoxy groups -OCH3 is 2. The van der Waals surface area contributed by atoms with E-state index in [1.807, 2.05) is 36.4 Å². The lowest BCUT2D eigenvalue weighted by Gasteiger charge is -2.17. The monoisotopic (exact) mass is 390 g/mol. The molecule has 1 N–H and O–H groups in total. The highest BCUT2D eigenvalue weighted by atomic mass is 16.5. The fraction of sp³-hybridized carbons (Fsp3) is 0.227. The molecule has 1 amide bonds. The summed E-state index contributed by atoms with van der Waals surface area (Å²) in [5, 5.41) is 3.16. The third kappa shape index (κ3) is 3.85. The van der Waals surface area contributed by atoms with Crippen LogP contribution in [0.2, 0.25) is 0 Å². The molecular weight excluding hydrogens is 368 g/mol. The molecule has 2 aromatic carbocycles. The van der Waals surface area contributed by atoms with E-state index in [-0.39, 0.29) is 5.91 Å². The number of amides is 1. The van der Waals surface area contributed by atoms with E-state index in [1.54, 1.807) is 31.5 Å². The fourth-order valence-corrected chi connectivity index (χ4v) is 3.41. The van der Waals surface area contributed by atoms with Crippen molar-refractivity contribution in [2.24, 2.45) is 0 Å². The molecule has 2 heterocycles. The van der Waals surface area contributed by atoms with Crippen molar-refractivity contribution >= 4 is 17.5 Å². The summed E-state index contributed by atoms with van der Waals surface area (Å²) in [6.07, 6.45) is 3.99. The first kappa shape index (κ1) is 18.7. The molecule has 0 radical (unpaired) electrons. The van der Waals surface area contributed by atoms with Gasteiger partial charge in [0.25, 0.3) is 5.91 Å². The van der Waals surface area contributed by atoms with Gasteiger partial charge in [0.15, 0.2) is 11.5 Å². The standard InChI is InChI=1S/C22H22N4O3/c1-28-19-8-7-15(11-20(19)29-2)12-23-22-24-13-17(14-25-22)21(27)26-10-9-16-5-3-4-6-18(16)26/h3-8,11,13-14H,9-10,12H2,1-2H3,(H,23,24,25). The molecule has 29 heavy (non-hydrogen) atoms. The van der Waals surface area contributed by atoms with Crippen LogP contribution >= 0.6 is 0 Å². The molecule has 0 saturated heterocycles. The highest BCUT2D eigenvalue weighted by Crippen LogP contribution is 2.29. The minimum absolute atomic E-state index is 0.0820. The van der Waals surface area contributed by atoms with E-state index >= 15 is 0 Å². The molecule has 0 fully saturated rings. The molecule has 4 rings (SSSR count). The van der Waals surface area contributed by atoms with Crippen LogP contribution in [0.25, 0.3) is 0 Å². The van der Waals surface area contributed by atoms with Crippen molar-refractivity contribution in [3.8, 4) is 11.5 Å². The Labute approximate surface area is 169 Å². The lowest BCUT2D eigenvalue weighted by Crippen LogP contribution is -2.29. The molecule has 0 atom stereocenters. The Morgan fingerprint density at radius 1 is 1.07 bits per heavy atom. The van der Waals surface area contributed by atoms with Gasteiger partial charge < -0.3 is 19.7 Å². The minimum Gasteiger partial charge on any atom is -0.493 e. The van der Waals surface area contributed by atoms with E-state index in [9.17, 15) is 4.79 Å². The molecule has 0 spiro atoms. The summed E-state index contributed by atoms with van der Waals surface area (Å²) >= 11 is 0. The molecule has 7 heteroatoms. The number of benzene rings is 2. The first-order chi connectivity index (χ1) is 14.2. The van der Waals surface area contributed by atoms with Gasteiger partial charge in [-0.2, -0.15) is 0 Å². The summed E-state index contributed by atoms with van der Waals surface area (Å²) < 4.78 is 10.6. The number of hydrogen-bond donors (Lipinski definition) is 1. The number of ether oxygens (including phenoxy) is 2. The van der Waals surface area contributed by atoms with Crippen LogP contribution in [0.3, 0.4) is 0 Å². The average Bonchev–Trinajstić information content (AvgIpc) is 3.21. The number of nitrogens with zero attached hydrogens (tertiary/aromatic N) is 3. The maximum Gasteiger partial charge on any atom is 0.261 e. The second kappa shape index (κ2) is 8.18. The lowest BCUT2D eigenvalue weighted by molar-refractivity contribution is 0.0988. The van der Waals surface area contributed by atoms with Crippen molar-refractivity contribution in [3.05, 3.63) is 71.5 Å². The maximum atomic E-state index is 12.8. The van der Waals surface area contributed by atoms with E-state index in [0.29, 0.717) is 36.1 Å². The van der Waals surface area contributed by atoms with E-state index in [0.717, 1.165) is 17.7 Å². The zero-order chi connectivity index (χ0) is 20.2. The Morgan fingerprint density at radius 3 is 2.59 bits per heavy atom. The molecule has 3 aromatic rings. The van der Waals surface area contributed by atoms with Crippen molar-refractivity contribution in [1.29, 1.82) is 0 Å². The van der Waals surface area contributed by atoms with Crippen LogP contribution in [-0.2, 0) is 13.0 Å². The summed E-state index contributed by atoms with van der Waals surface area (Å²) in [7, 11) is 3.21. The van der Waals surface area contributed by atoms with E-state index in [4.69, 9.17) is 9.47 Å². The summed E-state index contributed by atoms with van der Waals surface area (Å²) in [6, 6.07) is 13.7. The van der Waals surface area contributed by atoms with Crippen LogP contribution in [0.4, 0.5) is 11.6 Å². The van der Waals surface area contributed by atoms with Crippen LogP contribution < -0.4 is 19.7 Å². The molecule has 0 bridgehead atoms. The summed E-state index contributed by atoms with van der Waals surface area (Å²) in [5.74, 6) is 1.72. The van der Waals surface area contributed by atoms with Gasteiger partial charge in [0.05, 0.1) is 19.8 Å². The van der Waals surface area contributed by atoms with Crippen molar-refractivity contribution in [1.82, 2.24) is 9.97 Å². The first-order valence-corrected chi connectivity index (χ1v) is 9.36. The topological polar surface area (TPSA) is 76.6 Å². The molecule has 7 nitrogen and oxygen atoms in total. The second-order valence-corrected chi connectivity index (χ2v) is 6.67. The molecule has 0 unspecified atom stereocenters. The van der Waals surface area contributed by atoms with Gasteiger partial charge in [0, 0.05) is 31.2 Å². The van der Waals surface area contributed by atoms with E-state index < -0.39 is 0 Å². The number of fused-ring (bicyclic) bond motifs is 1. The van der Waals surface area contributed by atoms with Crippen LogP contribution in [0.1, 0.15) is 21.5 Å². The van der Waals surface area contributed by atoms with Gasteiger partial charge in [-0.25, -0.2) is 9.97 Å². The van der Waals surface area contributed by atoms with Crippen molar-refractivity contribution in [2.75, 3.05) is 31.0 Å². The molecular formula is C22H22N4O3. The Kier molecular flexibility index (Phi) is 5.29. The smallest absolute Gasteiger partial charge is 0.261 e. The van der Waals surface area contributed by atoms with Crippen LogP contribution in [0, 0.1) is 0 Å². The lowest BCUT2D eigenvalue weighted by atomic mass is 10.2. The fourth-order valence-electron chi connectivity index (χ4n) is 3.41. The third-order valence-corrected chi connectivity index (χ3v) is 4.93. The van der Waals surface area contributed by atoms with Crippen molar-refractivity contribution < 1.29 is 14.3 Å². The van der Waals surface area contributed by atoms with E-state index in [2.05, 4.69) is 21.4 Å². The second-order valence-electron chi connectivity index (χ2n) is 6.67. The highest BCUT2D eigenvalue weighted by molar-refractivity contribution is 6.06. The number of nitrogens with one attached hydrogen (secondary N) is 1. The number of para-hydroxylation sites is 1. The predicted molar refractivity (Wildman–Crippen MR) is 111 cm³/mol. The molecule has 1 aromatic heterocycles. The van der Waals surface area contributed by atoms with E-state index in [1.165, 1.54) is 5.56 Å². The molecule has 0 saturated carbocycles. The van der Waals surface area contributed by atoms with Gasteiger partial charge in [-0.05, 0) is 35.7 Å². The number of rotatable bonds is 6. The zero-order valence-electron chi connectivity index (χ0n) is 16.4. The summed E-state index contributed by atoms with van der Waals surface area (Å²) in [4.78, 5) is 23.2. The largest absolute Gasteiger partial charge is 0.493 e. The predicted octanol–water partition coefficient (Wildman–Crippen LogP) is 3.31. The highest BCUT2D eigenvalue weighted by Gasteiger charge is 2.25. The number of carbonyl (C=O) groups is 1. The summed E-state index contributed by atoms with van der Waals surface area (Å²) in [6.45, 7) is 1.20. The Hall–Kier alpha value is -3.61. The van der Waals surface area contributed by atoms with Crippen molar-refractivity contribution in [3.63, 3.8) is 0 Å². The van der Waals surface area contributed by atoms with Gasteiger partial charge in [-0.15, -0.1) is 0 Å². The van der Waals surface area contributed by atoms with Gasteiger partial charge >= 0.3 is 0 Å². The van der Waals surface area contributed by atoms with Gasteiger partial charge in [-0.1, -0.05) is 24.3 Å². The Bertz CT molecular complexity index is 1020. The van der Waals surface area contributed by atoms with Crippen LogP contribution in [-0.4, -0.2) is 36.6 Å². The minimum atomic E-state index is -0.0820. The molecule has 148 valence electrons. The normalized spacial score (nSPS) is 12.4. The number of carbonyl (C=O) groups excluding carboxylic acids is 1. The molecule has 0 aliphatic carbocycles. The van der Waals surface area contributed by atoms with Gasteiger partial charge in [-0.3, -0.25) is 4.79 Å². The number of anilines is 2. The summed E-state index contributed by atoms with van der Waals surface area (Å²) in [5.41, 5.74) is 3.63. The number of aromatic nitrogens is 2. The number of hydrogen-bond acceptors (Lipinski definition) is 6. The van der Waals surface area contributed by atoms with Crippen molar-refractivity contribution in [2.45, 2.75) is 13.0 Å². The van der Waals surface area contributed by atoms with Gasteiger partial charge in [0.1, 0.15) is 0 Å². The first-order valence-electron chi connectivity index (χ1n) is 9.36. The van der Waals surface area contributed by atoms with Gasteiger partial charge in [0.2, 0.25) is 5.95 Å². The quantitative estimate of drug-likeness (QED) is 0.696. The molecule has 1 aliphatic heterocycles. The van der Waals surface area contributed by atoms with Crippen LogP contribution in [0.15, 0.2) is 54.9 Å². The third-order valence-electron chi connectivity index (χ3n) is 4.93. The Balaban J connectivity index is 1.42. The zero-order valence-corrected chi connectivity index (χ0v) is 16.4.